The van der Waals surface area contributed by atoms with Gasteiger partial charge in [0.25, 0.3) is 5.56 Å². The minimum absolute atomic E-state index is 0.0462. The number of aromatic amines is 2. The van der Waals surface area contributed by atoms with Crippen molar-refractivity contribution < 1.29 is 0 Å². The topological polar surface area (TPSA) is 98.5 Å². The summed E-state index contributed by atoms with van der Waals surface area (Å²) in [5.41, 5.74) is 2.67. The molecule has 4 N–H and O–H groups in total. The number of thiophene rings is 1. The zero-order valence-corrected chi connectivity index (χ0v) is 12.9. The molecule has 4 rings (SSSR count). The first-order valence-electron chi connectivity index (χ1n) is 7.20. The fourth-order valence-corrected chi connectivity index (χ4v) is 3.76. The van der Waals surface area contributed by atoms with Gasteiger partial charge in [-0.2, -0.15) is 5.10 Å². The fourth-order valence-electron chi connectivity index (χ4n) is 2.70. The third-order valence-electron chi connectivity index (χ3n) is 3.87. The fraction of sp³-hybridized carbons (Fsp3) is 0.357. The second-order valence-corrected chi connectivity index (χ2v) is 6.45. The monoisotopic (exact) mass is 316 g/mol. The van der Waals surface area contributed by atoms with Crippen LogP contribution in [0, 0.1) is 6.92 Å². The molecule has 0 spiro atoms. The molecule has 22 heavy (non-hydrogen) atoms. The van der Waals surface area contributed by atoms with Crippen LogP contribution in [0.4, 0.5) is 0 Å². The first kappa shape index (κ1) is 13.6. The van der Waals surface area contributed by atoms with E-state index in [1.165, 1.54) is 11.3 Å². The summed E-state index contributed by atoms with van der Waals surface area (Å²) in [7, 11) is 0. The molecule has 1 saturated heterocycles. The van der Waals surface area contributed by atoms with E-state index in [0.29, 0.717) is 10.5 Å². The standard InChI is InChI=1S/C14H16N6OS/c1-7-8(5-17-20-7)11-4-9-12(22-11)14(21)19-13(18-9)10-6-15-2-3-16-10/h4-5,10,15-16H,2-3,6H2,1H3,(H,17,20)(H,18,19,21). The van der Waals surface area contributed by atoms with Crippen LogP contribution in [-0.4, -0.2) is 39.8 Å². The van der Waals surface area contributed by atoms with Crippen LogP contribution in [0.2, 0.25) is 0 Å². The van der Waals surface area contributed by atoms with E-state index in [4.69, 9.17) is 0 Å². The zero-order valence-electron chi connectivity index (χ0n) is 12.1. The molecule has 114 valence electrons. The SMILES string of the molecule is Cc1[nH]ncc1-c1cc2nc(C3CNCCN3)[nH]c(=O)c2s1. The van der Waals surface area contributed by atoms with Crippen molar-refractivity contribution in [2.45, 2.75) is 13.0 Å². The van der Waals surface area contributed by atoms with Crippen LogP contribution in [0.1, 0.15) is 17.6 Å². The Bertz CT molecular complexity index is 873. The molecule has 1 unspecified atom stereocenters. The van der Waals surface area contributed by atoms with Crippen molar-refractivity contribution in [1.29, 1.82) is 0 Å². The summed E-state index contributed by atoms with van der Waals surface area (Å²) in [4.78, 5) is 20.9. The molecule has 7 nitrogen and oxygen atoms in total. The van der Waals surface area contributed by atoms with Crippen LogP contribution in [0.25, 0.3) is 20.7 Å². The van der Waals surface area contributed by atoms with E-state index in [1.807, 2.05) is 13.0 Å². The highest BCUT2D eigenvalue weighted by Crippen LogP contribution is 2.32. The summed E-state index contributed by atoms with van der Waals surface area (Å²) in [6.07, 6.45) is 1.78. The predicted octanol–water partition coefficient (Wildman–Crippen LogP) is 0.917. The van der Waals surface area contributed by atoms with Gasteiger partial charge in [-0.05, 0) is 13.0 Å². The Balaban J connectivity index is 1.81. The van der Waals surface area contributed by atoms with Crippen LogP contribution >= 0.6 is 11.3 Å². The third-order valence-corrected chi connectivity index (χ3v) is 5.02. The summed E-state index contributed by atoms with van der Waals surface area (Å²) in [6, 6.07) is 2.01. The van der Waals surface area contributed by atoms with E-state index in [1.54, 1.807) is 6.20 Å². The van der Waals surface area contributed by atoms with Crippen molar-refractivity contribution in [3.8, 4) is 10.4 Å². The minimum atomic E-state index is -0.0789. The van der Waals surface area contributed by atoms with Gasteiger partial charge in [0.2, 0.25) is 0 Å². The predicted molar refractivity (Wildman–Crippen MR) is 86.2 cm³/mol. The molecule has 1 aliphatic heterocycles. The van der Waals surface area contributed by atoms with Gasteiger partial charge in [0.15, 0.2) is 0 Å². The maximum Gasteiger partial charge on any atom is 0.268 e. The molecule has 3 aromatic rings. The van der Waals surface area contributed by atoms with Gasteiger partial charge < -0.3 is 15.6 Å². The molecule has 4 heterocycles. The molecule has 3 aromatic heterocycles. The number of hydrogen-bond donors (Lipinski definition) is 4. The number of fused-ring (bicyclic) bond motifs is 1. The van der Waals surface area contributed by atoms with Crippen molar-refractivity contribution in [2.24, 2.45) is 0 Å². The average Bonchev–Trinajstić information content (AvgIpc) is 3.14. The number of piperazine rings is 1. The second kappa shape index (κ2) is 5.31. The van der Waals surface area contributed by atoms with Crippen molar-refractivity contribution in [3.63, 3.8) is 0 Å². The molecule has 0 radical (unpaired) electrons. The summed E-state index contributed by atoms with van der Waals surface area (Å²) >= 11 is 1.45. The van der Waals surface area contributed by atoms with Gasteiger partial charge in [0.1, 0.15) is 10.5 Å². The largest absolute Gasteiger partial charge is 0.313 e. The molecule has 0 saturated carbocycles. The van der Waals surface area contributed by atoms with Crippen molar-refractivity contribution in [3.05, 3.63) is 34.1 Å². The lowest BCUT2D eigenvalue weighted by Gasteiger charge is -2.23. The lowest BCUT2D eigenvalue weighted by atomic mass is 10.2. The number of aryl methyl sites for hydroxylation is 1. The zero-order chi connectivity index (χ0) is 15.1. The van der Waals surface area contributed by atoms with Gasteiger partial charge in [0.05, 0.1) is 17.8 Å². The Hall–Kier alpha value is -2.03. The van der Waals surface area contributed by atoms with E-state index in [0.717, 1.165) is 41.3 Å². The smallest absolute Gasteiger partial charge is 0.268 e. The number of nitrogens with zero attached hydrogens (tertiary/aromatic N) is 2. The van der Waals surface area contributed by atoms with Crippen molar-refractivity contribution >= 4 is 21.6 Å². The lowest BCUT2D eigenvalue weighted by molar-refractivity contribution is 0.415. The van der Waals surface area contributed by atoms with Crippen LogP contribution in [0.15, 0.2) is 17.1 Å². The van der Waals surface area contributed by atoms with Crippen LogP contribution < -0.4 is 16.2 Å². The highest BCUT2D eigenvalue weighted by Gasteiger charge is 2.19. The number of H-pyrrole nitrogens is 2. The van der Waals surface area contributed by atoms with Crippen LogP contribution in [0.5, 0.6) is 0 Å². The first-order chi connectivity index (χ1) is 10.7. The molecular weight excluding hydrogens is 300 g/mol. The highest BCUT2D eigenvalue weighted by molar-refractivity contribution is 7.22. The molecule has 8 heteroatoms. The summed E-state index contributed by atoms with van der Waals surface area (Å²) in [5, 5.41) is 13.6. The number of hydrogen-bond acceptors (Lipinski definition) is 6. The summed E-state index contributed by atoms with van der Waals surface area (Å²) in [5.74, 6) is 0.693. The molecule has 1 aliphatic rings. The average molecular weight is 316 g/mol. The summed E-state index contributed by atoms with van der Waals surface area (Å²) in [6.45, 7) is 4.54. The number of rotatable bonds is 2. The molecule has 1 atom stereocenters. The number of aromatic nitrogens is 4. The van der Waals surface area contributed by atoms with E-state index in [9.17, 15) is 4.79 Å². The Morgan fingerprint density at radius 2 is 2.27 bits per heavy atom. The van der Waals surface area contributed by atoms with Gasteiger partial charge in [-0.25, -0.2) is 4.98 Å². The molecule has 0 amide bonds. The molecule has 0 aromatic carbocycles. The third kappa shape index (κ3) is 2.25. The maximum atomic E-state index is 12.4. The molecule has 0 bridgehead atoms. The van der Waals surface area contributed by atoms with Crippen LogP contribution in [0.3, 0.4) is 0 Å². The molecule has 1 fully saturated rings. The van der Waals surface area contributed by atoms with Crippen LogP contribution in [-0.2, 0) is 0 Å². The van der Waals surface area contributed by atoms with Gasteiger partial charge in [-0.3, -0.25) is 9.89 Å². The van der Waals surface area contributed by atoms with Gasteiger partial charge in [-0.15, -0.1) is 11.3 Å². The Morgan fingerprint density at radius 1 is 1.36 bits per heavy atom. The van der Waals surface area contributed by atoms with E-state index >= 15 is 0 Å². The van der Waals surface area contributed by atoms with Gasteiger partial charge >= 0.3 is 0 Å². The van der Waals surface area contributed by atoms with E-state index < -0.39 is 0 Å². The van der Waals surface area contributed by atoms with Crippen molar-refractivity contribution in [2.75, 3.05) is 19.6 Å². The van der Waals surface area contributed by atoms with E-state index in [2.05, 4.69) is 30.8 Å². The molecule has 0 aliphatic carbocycles. The number of nitrogens with one attached hydrogen (secondary N) is 4. The Kier molecular flexibility index (Phi) is 3.29. The van der Waals surface area contributed by atoms with Gasteiger partial charge in [-0.1, -0.05) is 0 Å². The minimum Gasteiger partial charge on any atom is -0.313 e. The lowest BCUT2D eigenvalue weighted by Crippen LogP contribution is -2.43. The highest BCUT2D eigenvalue weighted by atomic mass is 32.1. The first-order valence-corrected chi connectivity index (χ1v) is 8.02. The maximum absolute atomic E-state index is 12.4. The molecular formula is C14H16N6OS. The quantitative estimate of drug-likeness (QED) is 0.563. The van der Waals surface area contributed by atoms with Gasteiger partial charge in [0, 0.05) is 35.8 Å². The Morgan fingerprint density at radius 3 is 3.00 bits per heavy atom. The van der Waals surface area contributed by atoms with E-state index in [-0.39, 0.29) is 11.6 Å². The second-order valence-electron chi connectivity index (χ2n) is 5.40. The Labute approximate surface area is 130 Å². The summed E-state index contributed by atoms with van der Waals surface area (Å²) < 4.78 is 0.656. The normalized spacial score (nSPS) is 18.9. The van der Waals surface area contributed by atoms with Crippen molar-refractivity contribution in [1.82, 2.24) is 30.8 Å².